The predicted molar refractivity (Wildman–Crippen MR) is 89.8 cm³/mol. The Labute approximate surface area is 137 Å². The van der Waals surface area contributed by atoms with Gasteiger partial charge in [0.05, 0.1) is 0 Å². The maximum absolute atomic E-state index is 12.7. The molecule has 2 rings (SSSR count). The highest BCUT2D eigenvalue weighted by Gasteiger charge is 2.25. The van der Waals surface area contributed by atoms with Gasteiger partial charge in [0.25, 0.3) is 0 Å². The molecule has 0 spiro atoms. The van der Waals surface area contributed by atoms with E-state index >= 15 is 0 Å². The van der Waals surface area contributed by atoms with Crippen LogP contribution in [0.5, 0.6) is 5.75 Å². The number of carbonyl (C=O) groups is 1. The van der Waals surface area contributed by atoms with Gasteiger partial charge >= 0.3 is 10.1 Å². The van der Waals surface area contributed by atoms with Crippen molar-refractivity contribution in [1.29, 1.82) is 0 Å². The molecule has 0 atom stereocenters. The Morgan fingerprint density at radius 1 is 0.783 bits per heavy atom. The van der Waals surface area contributed by atoms with Crippen LogP contribution >= 0.6 is 0 Å². The van der Waals surface area contributed by atoms with E-state index in [1.807, 2.05) is 20.8 Å². The lowest BCUT2D eigenvalue weighted by molar-refractivity contribution is 0.112. The van der Waals surface area contributed by atoms with E-state index in [2.05, 4.69) is 0 Å². The Bertz CT molecular complexity index is 834. The van der Waals surface area contributed by atoms with Crippen LogP contribution in [0.1, 0.15) is 38.2 Å². The van der Waals surface area contributed by atoms with Gasteiger partial charge in [-0.2, -0.15) is 8.42 Å². The fourth-order valence-electron chi connectivity index (χ4n) is 2.61. The van der Waals surface area contributed by atoms with Gasteiger partial charge in [0.15, 0.2) is 0 Å². The molecule has 0 saturated carbocycles. The van der Waals surface area contributed by atoms with E-state index in [-0.39, 0.29) is 10.6 Å². The van der Waals surface area contributed by atoms with Crippen LogP contribution in [0.2, 0.25) is 0 Å². The third-order valence-electron chi connectivity index (χ3n) is 4.40. The summed E-state index contributed by atoms with van der Waals surface area (Å²) in [7, 11) is -3.94. The average Bonchev–Trinajstić information content (AvgIpc) is 2.51. The molecule has 0 fully saturated rings. The number of hydrogen-bond acceptors (Lipinski definition) is 4. The summed E-state index contributed by atoms with van der Waals surface area (Å²) in [5.41, 5.74) is 4.86. The zero-order valence-electron chi connectivity index (χ0n) is 13.9. The molecule has 5 heteroatoms. The van der Waals surface area contributed by atoms with Gasteiger partial charge in [0.1, 0.15) is 16.9 Å². The van der Waals surface area contributed by atoms with Crippen LogP contribution in [0.4, 0.5) is 0 Å². The minimum Gasteiger partial charge on any atom is -0.379 e. The van der Waals surface area contributed by atoms with Crippen LogP contribution in [-0.2, 0) is 10.1 Å². The molecule has 0 unspecified atom stereocenters. The zero-order valence-corrected chi connectivity index (χ0v) is 14.7. The molecule has 0 saturated heterocycles. The third-order valence-corrected chi connectivity index (χ3v) is 5.93. The molecule has 2 aromatic carbocycles. The number of benzene rings is 2. The Kier molecular flexibility index (Phi) is 4.61. The lowest BCUT2D eigenvalue weighted by atomic mass is 9.95. The topological polar surface area (TPSA) is 60.4 Å². The van der Waals surface area contributed by atoms with Crippen molar-refractivity contribution in [3.63, 3.8) is 0 Å². The van der Waals surface area contributed by atoms with E-state index in [1.165, 1.54) is 24.3 Å². The standard InChI is InChI=1S/C18H20O4S/c1-11-12(2)14(4)18(15(5)13(11)3)23(20,21)22-17-8-6-16(10-19)7-9-17/h6-10H,1-5H3. The highest BCUT2D eigenvalue weighted by Crippen LogP contribution is 2.31. The summed E-state index contributed by atoms with van der Waals surface area (Å²) < 4.78 is 30.7. The number of rotatable bonds is 4. The van der Waals surface area contributed by atoms with Crippen molar-refractivity contribution >= 4 is 16.4 Å². The Hall–Kier alpha value is -2.14. The number of carbonyl (C=O) groups excluding carboxylic acids is 1. The molecule has 4 nitrogen and oxygen atoms in total. The van der Waals surface area contributed by atoms with Crippen molar-refractivity contribution in [2.75, 3.05) is 0 Å². The van der Waals surface area contributed by atoms with Crippen LogP contribution < -0.4 is 4.18 Å². The average molecular weight is 332 g/mol. The maximum atomic E-state index is 12.7. The molecule has 0 radical (unpaired) electrons. The van der Waals surface area contributed by atoms with Gasteiger partial charge in [-0.25, -0.2) is 0 Å². The number of hydrogen-bond donors (Lipinski definition) is 0. The fraction of sp³-hybridized carbons (Fsp3) is 0.278. The van der Waals surface area contributed by atoms with E-state index in [1.54, 1.807) is 13.8 Å². The van der Waals surface area contributed by atoms with E-state index < -0.39 is 10.1 Å². The van der Waals surface area contributed by atoms with Crippen molar-refractivity contribution in [2.24, 2.45) is 0 Å². The van der Waals surface area contributed by atoms with Gasteiger partial charge in [0.2, 0.25) is 0 Å². The first-order valence-electron chi connectivity index (χ1n) is 7.25. The highest BCUT2D eigenvalue weighted by atomic mass is 32.2. The van der Waals surface area contributed by atoms with Gasteiger partial charge in [-0.1, -0.05) is 0 Å². The largest absolute Gasteiger partial charge is 0.379 e. The van der Waals surface area contributed by atoms with Crippen LogP contribution in [0.3, 0.4) is 0 Å². The monoisotopic (exact) mass is 332 g/mol. The van der Waals surface area contributed by atoms with E-state index in [4.69, 9.17) is 4.18 Å². The third kappa shape index (κ3) is 3.15. The van der Waals surface area contributed by atoms with Crippen LogP contribution in [-0.4, -0.2) is 14.7 Å². The molecule has 23 heavy (non-hydrogen) atoms. The summed E-state index contributed by atoms with van der Waals surface area (Å²) in [6.45, 7) is 9.39. The van der Waals surface area contributed by atoms with E-state index in [0.717, 1.165) is 16.7 Å². The minimum absolute atomic E-state index is 0.185. The van der Waals surface area contributed by atoms with E-state index in [0.29, 0.717) is 23.0 Å². The van der Waals surface area contributed by atoms with Crippen molar-refractivity contribution in [3.05, 3.63) is 57.6 Å². The van der Waals surface area contributed by atoms with Crippen molar-refractivity contribution in [1.82, 2.24) is 0 Å². The van der Waals surface area contributed by atoms with Crippen molar-refractivity contribution in [2.45, 2.75) is 39.5 Å². The van der Waals surface area contributed by atoms with E-state index in [9.17, 15) is 13.2 Å². The molecule has 0 bridgehead atoms. The Morgan fingerprint density at radius 3 is 1.65 bits per heavy atom. The second kappa shape index (κ2) is 6.16. The quantitative estimate of drug-likeness (QED) is 0.631. The lowest BCUT2D eigenvalue weighted by Crippen LogP contribution is -2.15. The first-order valence-corrected chi connectivity index (χ1v) is 8.66. The van der Waals surface area contributed by atoms with Crippen molar-refractivity contribution in [3.8, 4) is 5.75 Å². The van der Waals surface area contributed by atoms with Gasteiger partial charge in [-0.3, -0.25) is 4.79 Å². The van der Waals surface area contributed by atoms with Crippen LogP contribution in [0.25, 0.3) is 0 Å². The molecule has 0 heterocycles. The molecule has 0 aliphatic heterocycles. The highest BCUT2D eigenvalue weighted by molar-refractivity contribution is 7.87. The smallest absolute Gasteiger partial charge is 0.339 e. The first kappa shape index (κ1) is 17.2. The van der Waals surface area contributed by atoms with Crippen LogP contribution in [0, 0.1) is 34.6 Å². The molecular formula is C18H20O4S. The fourth-order valence-corrected chi connectivity index (χ4v) is 4.11. The summed E-state index contributed by atoms with van der Waals surface area (Å²) in [5, 5.41) is 0. The Morgan fingerprint density at radius 2 is 1.22 bits per heavy atom. The molecule has 0 N–H and O–H groups in total. The summed E-state index contributed by atoms with van der Waals surface area (Å²) >= 11 is 0. The summed E-state index contributed by atoms with van der Waals surface area (Å²) in [5.74, 6) is 0.185. The lowest BCUT2D eigenvalue weighted by Gasteiger charge is -2.18. The van der Waals surface area contributed by atoms with Crippen molar-refractivity contribution < 1.29 is 17.4 Å². The summed E-state index contributed by atoms with van der Waals surface area (Å²) in [6.07, 6.45) is 0.694. The first-order chi connectivity index (χ1) is 10.7. The molecular weight excluding hydrogens is 312 g/mol. The SMILES string of the molecule is Cc1c(C)c(C)c(S(=O)(=O)Oc2ccc(C=O)cc2)c(C)c1C. The molecule has 0 aromatic heterocycles. The predicted octanol–water partition coefficient (Wildman–Crippen LogP) is 3.81. The van der Waals surface area contributed by atoms with Gasteiger partial charge in [0, 0.05) is 5.56 Å². The second-order valence-electron chi connectivity index (χ2n) is 5.68. The summed E-state index contributed by atoms with van der Waals surface area (Å²) in [4.78, 5) is 10.9. The van der Waals surface area contributed by atoms with Gasteiger partial charge in [-0.15, -0.1) is 0 Å². The molecule has 122 valence electrons. The van der Waals surface area contributed by atoms with Crippen LogP contribution in [0.15, 0.2) is 29.2 Å². The zero-order chi connectivity index (χ0) is 17.4. The van der Waals surface area contributed by atoms with Gasteiger partial charge < -0.3 is 4.18 Å². The Balaban J connectivity index is 2.53. The normalized spacial score (nSPS) is 11.3. The molecule has 0 amide bonds. The molecule has 0 aliphatic rings. The maximum Gasteiger partial charge on any atom is 0.339 e. The van der Waals surface area contributed by atoms with Gasteiger partial charge in [-0.05, 0) is 86.7 Å². The molecule has 2 aromatic rings. The summed E-state index contributed by atoms with van der Waals surface area (Å²) in [6, 6.07) is 5.98. The minimum atomic E-state index is -3.94. The molecule has 0 aliphatic carbocycles. The number of aldehydes is 1. The second-order valence-corrected chi connectivity index (χ2v) is 7.16.